The maximum absolute atomic E-state index is 10.8. The lowest BCUT2D eigenvalue weighted by atomic mass is 10.2. The van der Waals surface area contributed by atoms with E-state index in [1.165, 1.54) is 25.0 Å². The van der Waals surface area contributed by atoms with Crippen LogP contribution in [0.25, 0.3) is 5.69 Å². The van der Waals surface area contributed by atoms with Gasteiger partial charge in [0.05, 0.1) is 35.0 Å². The first-order valence-corrected chi connectivity index (χ1v) is 11.6. The zero-order valence-electron chi connectivity index (χ0n) is 20.0. The van der Waals surface area contributed by atoms with Crippen molar-refractivity contribution in [2.24, 2.45) is 11.8 Å². The summed E-state index contributed by atoms with van der Waals surface area (Å²) >= 11 is 0. The molecular formula is C26H28N6O5. The van der Waals surface area contributed by atoms with E-state index in [0.29, 0.717) is 17.4 Å². The van der Waals surface area contributed by atoms with E-state index in [2.05, 4.69) is 10.5 Å². The number of nitriles is 1. The average molecular weight is 505 g/mol. The summed E-state index contributed by atoms with van der Waals surface area (Å²) in [5.74, 6) is 4.73. The summed E-state index contributed by atoms with van der Waals surface area (Å²) in [5.41, 5.74) is 11.3. The van der Waals surface area contributed by atoms with Crippen molar-refractivity contribution in [3.8, 4) is 11.8 Å². The molecule has 0 bridgehead atoms. The Hall–Kier alpha value is -4.69. The Balaban J connectivity index is 0.000000171. The molecule has 1 aromatic heterocycles. The lowest BCUT2D eigenvalue weighted by Crippen LogP contribution is -2.06. The third-order valence-electron chi connectivity index (χ3n) is 5.69. The summed E-state index contributed by atoms with van der Waals surface area (Å²) < 4.78 is 1.65. The number of hydrogen-bond acceptors (Lipinski definition) is 8. The second-order valence-electron chi connectivity index (χ2n) is 8.63. The van der Waals surface area contributed by atoms with Crippen LogP contribution in [0.2, 0.25) is 0 Å². The summed E-state index contributed by atoms with van der Waals surface area (Å²) in [6, 6.07) is 16.4. The number of ketones is 1. The quantitative estimate of drug-likeness (QED) is 0.234. The Morgan fingerprint density at radius 3 is 1.95 bits per heavy atom. The van der Waals surface area contributed by atoms with Gasteiger partial charge in [0, 0.05) is 23.6 Å². The van der Waals surface area contributed by atoms with E-state index in [9.17, 15) is 14.4 Å². The molecule has 7 N–H and O–H groups in total. The predicted molar refractivity (Wildman–Crippen MR) is 136 cm³/mol. The lowest BCUT2D eigenvalue weighted by Gasteiger charge is -2.04. The molecule has 11 nitrogen and oxygen atoms in total. The minimum Gasteiger partial charge on any atom is -0.478 e. The number of aromatic nitrogens is 2. The first-order chi connectivity index (χ1) is 17.7. The summed E-state index contributed by atoms with van der Waals surface area (Å²) in [4.78, 5) is 31.7. The number of nitrogens with zero attached hydrogens (tertiary/aromatic N) is 3. The number of aromatic carboxylic acids is 2. The highest BCUT2D eigenvalue weighted by atomic mass is 16.4. The molecule has 37 heavy (non-hydrogen) atoms. The molecule has 1 heterocycles. The van der Waals surface area contributed by atoms with Crippen molar-refractivity contribution in [3.63, 3.8) is 0 Å². The summed E-state index contributed by atoms with van der Waals surface area (Å²) in [5, 5.41) is 29.8. The van der Waals surface area contributed by atoms with Crippen molar-refractivity contribution in [3.05, 3.63) is 71.4 Å². The maximum atomic E-state index is 10.8. The van der Waals surface area contributed by atoms with Gasteiger partial charge >= 0.3 is 11.9 Å². The normalized spacial score (nSPS) is 13.6. The van der Waals surface area contributed by atoms with Crippen LogP contribution in [0, 0.1) is 17.2 Å². The number of rotatable bonds is 7. The fraction of sp³-hybridized carbons (Fsp3) is 0.269. The van der Waals surface area contributed by atoms with E-state index in [1.807, 2.05) is 12.1 Å². The van der Waals surface area contributed by atoms with Gasteiger partial charge in [-0.05, 0) is 74.2 Å². The number of nitrogen functional groups attached to an aromatic ring is 2. The van der Waals surface area contributed by atoms with Crippen molar-refractivity contribution < 1.29 is 24.6 Å². The first kappa shape index (κ1) is 26.9. The second-order valence-corrected chi connectivity index (χ2v) is 8.63. The number of nitrogens with one attached hydrogen (secondary N) is 1. The van der Waals surface area contributed by atoms with E-state index in [4.69, 9.17) is 27.1 Å². The summed E-state index contributed by atoms with van der Waals surface area (Å²) in [6.07, 6.45) is 4.49. The van der Waals surface area contributed by atoms with E-state index in [-0.39, 0.29) is 29.2 Å². The highest BCUT2D eigenvalue weighted by Gasteiger charge is 2.28. The lowest BCUT2D eigenvalue weighted by molar-refractivity contribution is -0.119. The van der Waals surface area contributed by atoms with Gasteiger partial charge in [-0.15, -0.1) is 0 Å². The smallest absolute Gasteiger partial charge is 0.335 e. The minimum atomic E-state index is -0.937. The van der Waals surface area contributed by atoms with Gasteiger partial charge in [-0.25, -0.2) is 14.3 Å². The summed E-state index contributed by atoms with van der Waals surface area (Å²) in [7, 11) is 0. The first-order valence-electron chi connectivity index (χ1n) is 11.6. The molecule has 192 valence electrons. The van der Waals surface area contributed by atoms with Crippen LogP contribution in [0.4, 0.5) is 11.5 Å². The fourth-order valence-electron chi connectivity index (χ4n) is 3.28. The Morgan fingerprint density at radius 1 is 0.973 bits per heavy atom. The molecule has 2 aliphatic rings. The monoisotopic (exact) mass is 504 g/mol. The fourth-order valence-corrected chi connectivity index (χ4v) is 3.28. The number of hydrazine groups is 1. The van der Waals surface area contributed by atoms with Gasteiger partial charge in [-0.3, -0.25) is 10.6 Å². The number of benzene rings is 2. The molecule has 2 aromatic carbocycles. The van der Waals surface area contributed by atoms with Gasteiger partial charge < -0.3 is 21.4 Å². The third-order valence-corrected chi connectivity index (χ3v) is 5.69. The molecule has 2 aliphatic carbocycles. The van der Waals surface area contributed by atoms with Gasteiger partial charge in [-0.1, -0.05) is 0 Å². The zero-order valence-corrected chi connectivity index (χ0v) is 20.0. The number of carbonyl (C=O) groups excluding carboxylic acids is 1. The van der Waals surface area contributed by atoms with Crippen molar-refractivity contribution in [2.75, 3.05) is 11.2 Å². The Labute approximate surface area is 213 Å². The molecule has 0 aliphatic heterocycles. The number of carbonyl (C=O) groups is 3. The van der Waals surface area contributed by atoms with Gasteiger partial charge in [-0.2, -0.15) is 10.4 Å². The Kier molecular flexibility index (Phi) is 8.96. The molecule has 3 aromatic rings. The van der Waals surface area contributed by atoms with Gasteiger partial charge in [0.2, 0.25) is 0 Å². The van der Waals surface area contributed by atoms with Gasteiger partial charge in [0.15, 0.2) is 0 Å². The molecule has 0 radical (unpaired) electrons. The molecule has 0 amide bonds. The number of nitrogens with two attached hydrogens (primary N) is 2. The average Bonchev–Trinajstić information content (AvgIpc) is 3.82. The second kappa shape index (κ2) is 12.3. The van der Waals surface area contributed by atoms with Crippen LogP contribution in [0.5, 0.6) is 0 Å². The van der Waals surface area contributed by atoms with Crippen LogP contribution in [0.15, 0.2) is 54.6 Å². The minimum absolute atomic E-state index is 0.116. The highest BCUT2D eigenvalue weighted by Crippen LogP contribution is 2.40. The zero-order chi connectivity index (χ0) is 26.9. The number of anilines is 2. The number of Topliss-reactive ketones (excluding diaryl/α,β-unsaturated/α-hetero) is 1. The standard InChI is InChI=1S/C13H13N3O2.C7H8N2O2.C6H7NO/c14-12-7-11(8-1-2-8)15-16(12)10-5-3-9(4-6-10)13(17)18;8-9-6-3-1-5(2-4-6)7(10)11;7-4-3-6(8)5-1-2-5/h3-8H,1-2,14H2,(H,17,18);1-4,9H,8H2,(H,10,11);5H,1-3H2. The van der Waals surface area contributed by atoms with Crippen LogP contribution in [-0.2, 0) is 4.79 Å². The molecule has 2 saturated carbocycles. The summed E-state index contributed by atoms with van der Waals surface area (Å²) in [6.45, 7) is 0. The Morgan fingerprint density at radius 2 is 1.51 bits per heavy atom. The van der Waals surface area contributed by atoms with E-state index >= 15 is 0 Å². The molecule has 2 fully saturated rings. The molecule has 5 rings (SSSR count). The van der Waals surface area contributed by atoms with Crippen LogP contribution < -0.4 is 17.0 Å². The molecule has 0 spiro atoms. The van der Waals surface area contributed by atoms with Crippen molar-refractivity contribution in [2.45, 2.75) is 38.0 Å². The van der Waals surface area contributed by atoms with Crippen molar-refractivity contribution in [1.82, 2.24) is 9.78 Å². The van der Waals surface area contributed by atoms with E-state index in [0.717, 1.165) is 24.2 Å². The SMILES string of the molecule is N#CCC(=O)C1CC1.NNc1ccc(C(=O)O)cc1.Nc1cc(C2CC2)nn1-c1ccc(C(=O)O)cc1. The van der Waals surface area contributed by atoms with Gasteiger partial charge in [0.1, 0.15) is 11.6 Å². The highest BCUT2D eigenvalue weighted by molar-refractivity contribution is 5.88. The predicted octanol–water partition coefficient (Wildman–Crippen LogP) is 3.58. The number of carboxylic acids is 2. The molecule has 0 unspecified atom stereocenters. The molecule has 0 atom stereocenters. The van der Waals surface area contributed by atoms with E-state index < -0.39 is 11.9 Å². The van der Waals surface area contributed by atoms with Crippen LogP contribution in [0.3, 0.4) is 0 Å². The van der Waals surface area contributed by atoms with Crippen LogP contribution >= 0.6 is 0 Å². The molecule has 0 saturated heterocycles. The third kappa shape index (κ3) is 7.91. The topological polar surface area (TPSA) is 197 Å². The van der Waals surface area contributed by atoms with Crippen molar-refractivity contribution >= 4 is 29.2 Å². The number of carboxylic acid groups (broad SMARTS) is 2. The van der Waals surface area contributed by atoms with Gasteiger partial charge in [0.25, 0.3) is 0 Å². The van der Waals surface area contributed by atoms with Crippen LogP contribution in [-0.4, -0.2) is 37.7 Å². The molecule has 11 heteroatoms. The molecular weight excluding hydrogens is 476 g/mol. The maximum Gasteiger partial charge on any atom is 0.335 e. The van der Waals surface area contributed by atoms with E-state index in [1.54, 1.807) is 41.1 Å². The van der Waals surface area contributed by atoms with Crippen molar-refractivity contribution in [1.29, 1.82) is 5.26 Å². The number of hydrogen-bond donors (Lipinski definition) is 5. The van der Waals surface area contributed by atoms with Crippen LogP contribution in [0.1, 0.15) is 64.4 Å². The Bertz CT molecular complexity index is 1290. The largest absolute Gasteiger partial charge is 0.478 e.